The predicted octanol–water partition coefficient (Wildman–Crippen LogP) is 3.12. The van der Waals surface area contributed by atoms with Crippen LogP contribution in [0, 0.1) is 0 Å². The van der Waals surface area contributed by atoms with Gasteiger partial charge in [-0.15, -0.1) is 0 Å². The zero-order chi connectivity index (χ0) is 13.7. The highest BCUT2D eigenvalue weighted by Gasteiger charge is 2.16. The summed E-state index contributed by atoms with van der Waals surface area (Å²) in [6, 6.07) is 0. The Morgan fingerprint density at radius 2 is 1.35 bits per heavy atom. The first kappa shape index (κ1) is 16.4. The van der Waals surface area contributed by atoms with Gasteiger partial charge in [-0.1, -0.05) is 6.58 Å². The minimum atomic E-state index is -1.57. The Bertz CT molecular complexity index is 291. The van der Waals surface area contributed by atoms with E-state index in [0.717, 1.165) is 11.4 Å². The molecule has 0 atom stereocenters. The van der Waals surface area contributed by atoms with Crippen LogP contribution in [0.4, 0.5) is 0 Å². The molecule has 100 valence electrons. The fourth-order valence-corrected chi connectivity index (χ4v) is 1.68. The van der Waals surface area contributed by atoms with Crippen molar-refractivity contribution in [2.75, 3.05) is 0 Å². The van der Waals surface area contributed by atoms with Gasteiger partial charge in [0.15, 0.2) is 0 Å². The van der Waals surface area contributed by atoms with Gasteiger partial charge in [0.05, 0.1) is 5.70 Å². The summed E-state index contributed by atoms with van der Waals surface area (Å²) in [6.07, 6.45) is 1.86. The minimum absolute atomic E-state index is 0.719. The van der Waals surface area contributed by atoms with Crippen molar-refractivity contribution in [1.82, 2.24) is 11.0 Å². The minimum Gasteiger partial charge on any atom is -0.323 e. The predicted molar refractivity (Wildman–Crippen MR) is 78.0 cm³/mol. The van der Waals surface area contributed by atoms with E-state index in [1.165, 1.54) is 0 Å². The molecule has 0 aliphatic rings. The Labute approximate surface area is 107 Å². The molecule has 0 rings (SSSR count). The molecule has 0 radical (unpaired) electrons. The van der Waals surface area contributed by atoms with Crippen LogP contribution in [0.25, 0.3) is 0 Å². The molecule has 2 N–H and O–H groups in total. The van der Waals surface area contributed by atoms with Gasteiger partial charge in [-0.3, -0.25) is 11.0 Å². The first-order valence-electron chi connectivity index (χ1n) is 5.75. The summed E-state index contributed by atoms with van der Waals surface area (Å²) in [5.74, 6) is 0. The van der Waals surface area contributed by atoms with E-state index in [1.807, 2.05) is 13.0 Å². The van der Waals surface area contributed by atoms with Crippen molar-refractivity contribution >= 4 is 16.6 Å². The van der Waals surface area contributed by atoms with Crippen molar-refractivity contribution in [2.45, 2.75) is 46.2 Å². The third-order valence-electron chi connectivity index (χ3n) is 1.40. The maximum Gasteiger partial charge on any atom is 0.220 e. The van der Waals surface area contributed by atoms with Crippen LogP contribution in [-0.4, -0.2) is 16.6 Å². The molecule has 0 heterocycles. The number of nitrogens with one attached hydrogen (secondary N) is 2. The lowest BCUT2D eigenvalue weighted by Crippen LogP contribution is -2.34. The van der Waals surface area contributed by atoms with Gasteiger partial charge in [-0.2, -0.15) is 0 Å². The molecule has 0 saturated heterocycles. The number of allylic oxidation sites excluding steroid dienone is 2. The molecule has 4 nitrogen and oxygen atoms in total. The first-order valence-corrected chi connectivity index (χ1v) is 12.6. The van der Waals surface area contributed by atoms with E-state index in [4.69, 9.17) is 9.05 Å². The second-order valence-electron chi connectivity index (χ2n) is 5.99. The Kier molecular flexibility index (Phi) is 6.18. The van der Waals surface area contributed by atoms with Crippen molar-refractivity contribution in [3.63, 3.8) is 0 Å². The molecule has 0 fully saturated rings. The molecular weight excluding hydrogens is 248 g/mol. The van der Waals surface area contributed by atoms with Gasteiger partial charge in [-0.25, -0.2) is 0 Å². The van der Waals surface area contributed by atoms with Crippen LogP contribution in [0.5, 0.6) is 0 Å². The molecule has 0 aliphatic carbocycles. The van der Waals surface area contributed by atoms with Gasteiger partial charge in [0.25, 0.3) is 0 Å². The summed E-state index contributed by atoms with van der Waals surface area (Å²) >= 11 is 0. The van der Waals surface area contributed by atoms with Crippen molar-refractivity contribution in [3.05, 3.63) is 24.0 Å². The van der Waals surface area contributed by atoms with E-state index in [1.54, 1.807) is 0 Å². The third kappa shape index (κ3) is 11.7. The van der Waals surface area contributed by atoms with E-state index in [0.29, 0.717) is 0 Å². The van der Waals surface area contributed by atoms with Gasteiger partial charge in [0.2, 0.25) is 16.6 Å². The molecule has 6 heteroatoms. The lowest BCUT2D eigenvalue weighted by atomic mass is 10.4. The van der Waals surface area contributed by atoms with Crippen molar-refractivity contribution in [2.24, 2.45) is 0 Å². The van der Waals surface area contributed by atoms with Crippen LogP contribution in [0.3, 0.4) is 0 Å². The standard InChI is InChI=1S/C11H26N2O2Si2/c1-10(12-14-16(3,4)5)9-11(2)13-15-17(6,7)8/h9,12-13H,1H2,2-8H3. The largest absolute Gasteiger partial charge is 0.323 e. The zero-order valence-electron chi connectivity index (χ0n) is 12.1. The fraction of sp³-hybridized carbons (Fsp3) is 0.636. The highest BCUT2D eigenvalue weighted by atomic mass is 28.4. The summed E-state index contributed by atoms with van der Waals surface area (Å²) in [4.78, 5) is 0. The first-order chi connectivity index (χ1) is 7.49. The summed E-state index contributed by atoms with van der Waals surface area (Å²) in [7, 11) is -3.11. The average molecular weight is 275 g/mol. The van der Waals surface area contributed by atoms with Crippen LogP contribution in [0.1, 0.15) is 6.92 Å². The van der Waals surface area contributed by atoms with Crippen LogP contribution >= 0.6 is 0 Å². The second-order valence-corrected chi connectivity index (χ2v) is 14.8. The molecule has 0 aromatic carbocycles. The van der Waals surface area contributed by atoms with E-state index < -0.39 is 16.6 Å². The highest BCUT2D eigenvalue weighted by Crippen LogP contribution is 2.04. The molecule has 0 saturated carbocycles. The zero-order valence-corrected chi connectivity index (χ0v) is 14.1. The summed E-state index contributed by atoms with van der Waals surface area (Å²) in [6.45, 7) is 18.5. The van der Waals surface area contributed by atoms with Crippen LogP contribution < -0.4 is 11.0 Å². The fourth-order valence-electron chi connectivity index (χ4n) is 0.772. The SMILES string of the molecule is C=C(C=C(C)NO[Si](C)(C)C)NO[Si](C)(C)C. The van der Waals surface area contributed by atoms with Crippen LogP contribution in [0.2, 0.25) is 39.3 Å². The molecule has 0 amide bonds. The molecule has 17 heavy (non-hydrogen) atoms. The molecule has 0 spiro atoms. The summed E-state index contributed by atoms with van der Waals surface area (Å²) < 4.78 is 11.1. The molecule has 0 aromatic heterocycles. The van der Waals surface area contributed by atoms with Crippen molar-refractivity contribution in [3.8, 4) is 0 Å². The maximum atomic E-state index is 5.56. The molecule has 0 unspecified atom stereocenters. The number of hydroxylamine groups is 2. The van der Waals surface area contributed by atoms with Gasteiger partial charge < -0.3 is 9.05 Å². The normalized spacial score (nSPS) is 13.5. The van der Waals surface area contributed by atoms with Crippen molar-refractivity contribution < 1.29 is 9.05 Å². The summed E-state index contributed by atoms with van der Waals surface area (Å²) in [5, 5.41) is 0. The van der Waals surface area contributed by atoms with Gasteiger partial charge >= 0.3 is 0 Å². The summed E-state index contributed by atoms with van der Waals surface area (Å²) in [5.41, 5.74) is 7.41. The molecule has 0 aliphatic heterocycles. The average Bonchev–Trinajstić information content (AvgIpc) is 2.09. The Balaban J connectivity index is 4.08. The van der Waals surface area contributed by atoms with Crippen molar-refractivity contribution in [1.29, 1.82) is 0 Å². The molecule has 0 aromatic rings. The maximum absolute atomic E-state index is 5.56. The lowest BCUT2D eigenvalue weighted by Gasteiger charge is -2.20. The van der Waals surface area contributed by atoms with Gasteiger partial charge in [-0.05, 0) is 52.3 Å². The van der Waals surface area contributed by atoms with E-state index in [-0.39, 0.29) is 0 Å². The molecule has 0 bridgehead atoms. The topological polar surface area (TPSA) is 42.5 Å². The Morgan fingerprint density at radius 1 is 0.941 bits per heavy atom. The Hall–Kier alpha value is -0.566. The van der Waals surface area contributed by atoms with Gasteiger partial charge in [0, 0.05) is 5.70 Å². The Morgan fingerprint density at radius 3 is 1.76 bits per heavy atom. The molecular formula is C11H26N2O2Si2. The monoisotopic (exact) mass is 274 g/mol. The number of hydrogen-bond acceptors (Lipinski definition) is 4. The van der Waals surface area contributed by atoms with E-state index >= 15 is 0 Å². The van der Waals surface area contributed by atoms with Crippen LogP contribution in [0.15, 0.2) is 24.0 Å². The second kappa shape index (κ2) is 6.39. The smallest absolute Gasteiger partial charge is 0.220 e. The van der Waals surface area contributed by atoms with E-state index in [9.17, 15) is 0 Å². The van der Waals surface area contributed by atoms with Gasteiger partial charge in [0.1, 0.15) is 0 Å². The number of rotatable bonds is 7. The quantitative estimate of drug-likeness (QED) is 0.425. The van der Waals surface area contributed by atoms with Crippen LogP contribution in [-0.2, 0) is 9.05 Å². The number of hydrogen-bond donors (Lipinski definition) is 2. The third-order valence-corrected chi connectivity index (χ3v) is 2.83. The van der Waals surface area contributed by atoms with E-state index in [2.05, 4.69) is 56.8 Å². The highest BCUT2D eigenvalue weighted by molar-refractivity contribution is 6.69. The lowest BCUT2D eigenvalue weighted by molar-refractivity contribution is 0.216.